The summed E-state index contributed by atoms with van der Waals surface area (Å²) in [5.74, 6) is 1.91. The van der Waals surface area contributed by atoms with Crippen LogP contribution in [0.3, 0.4) is 0 Å². The highest BCUT2D eigenvalue weighted by Crippen LogP contribution is 2.15. The summed E-state index contributed by atoms with van der Waals surface area (Å²) >= 11 is 0. The molecule has 1 aromatic carbocycles. The van der Waals surface area contributed by atoms with Gasteiger partial charge < -0.3 is 19.9 Å². The van der Waals surface area contributed by atoms with Crippen LogP contribution in [0.15, 0.2) is 35.6 Å². The first-order valence-electron chi connectivity index (χ1n) is 9.47. The Kier molecular flexibility index (Phi) is 11.5. The van der Waals surface area contributed by atoms with Gasteiger partial charge in [0.1, 0.15) is 29.8 Å². The van der Waals surface area contributed by atoms with Crippen LogP contribution in [0, 0.1) is 5.82 Å². The number of hydrogen-bond donors (Lipinski definition) is 2. The van der Waals surface area contributed by atoms with Crippen LogP contribution in [-0.2, 0) is 13.0 Å². The maximum absolute atomic E-state index is 13.3. The van der Waals surface area contributed by atoms with Crippen molar-refractivity contribution in [1.29, 1.82) is 0 Å². The molecule has 2 rings (SSSR count). The highest BCUT2D eigenvalue weighted by molar-refractivity contribution is 14.0. The second kappa shape index (κ2) is 13.3. The van der Waals surface area contributed by atoms with E-state index < -0.39 is 0 Å². The smallest absolute Gasteiger partial charge is 0.191 e. The number of ether oxygens (including phenoxy) is 1. The van der Waals surface area contributed by atoms with Gasteiger partial charge in [-0.05, 0) is 25.5 Å². The van der Waals surface area contributed by atoms with Gasteiger partial charge in [-0.2, -0.15) is 0 Å². The Morgan fingerprint density at radius 1 is 1.29 bits per heavy atom. The van der Waals surface area contributed by atoms with Gasteiger partial charge in [-0.3, -0.25) is 0 Å². The Morgan fingerprint density at radius 3 is 2.79 bits per heavy atom. The predicted molar refractivity (Wildman–Crippen MR) is 120 cm³/mol. The fraction of sp³-hybridized carbons (Fsp3) is 0.526. The highest BCUT2D eigenvalue weighted by atomic mass is 127. The first kappa shape index (κ1) is 24.1. The van der Waals surface area contributed by atoms with Gasteiger partial charge in [-0.15, -0.1) is 34.2 Å². The third-order valence-corrected chi connectivity index (χ3v) is 4.01. The van der Waals surface area contributed by atoms with Gasteiger partial charge in [0.2, 0.25) is 0 Å². The van der Waals surface area contributed by atoms with Crippen LogP contribution in [0.2, 0.25) is 0 Å². The van der Waals surface area contributed by atoms with Crippen LogP contribution >= 0.6 is 24.0 Å². The largest absolute Gasteiger partial charge is 0.488 e. The molecule has 2 N–H and O–H groups in total. The fourth-order valence-electron chi connectivity index (χ4n) is 2.55. The molecule has 9 heteroatoms. The molecule has 0 radical (unpaired) electrons. The summed E-state index contributed by atoms with van der Waals surface area (Å²) in [5, 5.41) is 14.6. The van der Waals surface area contributed by atoms with Crippen molar-refractivity contribution in [3.05, 3.63) is 42.2 Å². The zero-order chi connectivity index (χ0) is 19.5. The average molecular weight is 504 g/mol. The van der Waals surface area contributed by atoms with E-state index in [0.29, 0.717) is 18.8 Å². The van der Waals surface area contributed by atoms with E-state index in [1.54, 1.807) is 18.5 Å². The summed E-state index contributed by atoms with van der Waals surface area (Å²) in [6, 6.07) is 6.18. The molecule has 0 spiro atoms. The minimum atomic E-state index is -0.304. The van der Waals surface area contributed by atoms with Crippen molar-refractivity contribution in [2.45, 2.75) is 46.3 Å². The van der Waals surface area contributed by atoms with E-state index in [4.69, 9.17) is 4.74 Å². The molecule has 1 heterocycles. The summed E-state index contributed by atoms with van der Waals surface area (Å²) in [4.78, 5) is 4.60. The third-order valence-electron chi connectivity index (χ3n) is 4.01. The molecule has 0 aliphatic rings. The maximum Gasteiger partial charge on any atom is 0.191 e. The number of nitrogens with one attached hydrogen (secondary N) is 2. The van der Waals surface area contributed by atoms with E-state index in [1.165, 1.54) is 12.1 Å². The van der Waals surface area contributed by atoms with Gasteiger partial charge in [0, 0.05) is 32.1 Å². The number of halogens is 2. The highest BCUT2D eigenvalue weighted by Gasteiger charge is 2.09. The Hall–Kier alpha value is -1.91. The summed E-state index contributed by atoms with van der Waals surface area (Å²) < 4.78 is 21.2. The van der Waals surface area contributed by atoms with Crippen molar-refractivity contribution in [1.82, 2.24) is 25.4 Å². The minimum Gasteiger partial charge on any atom is -0.488 e. The lowest BCUT2D eigenvalue weighted by Crippen LogP contribution is -2.39. The number of aromatic nitrogens is 3. The quantitative estimate of drug-likeness (QED) is 0.296. The monoisotopic (exact) mass is 504 g/mol. The van der Waals surface area contributed by atoms with Crippen LogP contribution in [0.1, 0.15) is 33.0 Å². The number of guanidine groups is 1. The van der Waals surface area contributed by atoms with E-state index in [2.05, 4.69) is 32.7 Å². The Bertz CT molecular complexity index is 724. The summed E-state index contributed by atoms with van der Waals surface area (Å²) in [6.07, 6.45) is 3.25. The third kappa shape index (κ3) is 7.99. The van der Waals surface area contributed by atoms with Crippen molar-refractivity contribution in [3.63, 3.8) is 0 Å². The summed E-state index contributed by atoms with van der Waals surface area (Å²) in [5.41, 5.74) is 0. The molecular weight excluding hydrogens is 474 g/mol. The van der Waals surface area contributed by atoms with Gasteiger partial charge in [-0.1, -0.05) is 19.9 Å². The summed E-state index contributed by atoms with van der Waals surface area (Å²) in [7, 11) is 0. The molecule has 0 aliphatic heterocycles. The number of hydrogen-bond acceptors (Lipinski definition) is 4. The van der Waals surface area contributed by atoms with Crippen LogP contribution in [0.5, 0.6) is 5.75 Å². The van der Waals surface area contributed by atoms with Crippen molar-refractivity contribution in [3.8, 4) is 5.75 Å². The number of rotatable bonds is 10. The molecule has 0 bridgehead atoms. The number of nitrogens with zero attached hydrogens (tertiary/aromatic N) is 4. The predicted octanol–water partition coefficient (Wildman–Crippen LogP) is 3.01. The molecular formula is C19H30FIN6O. The van der Waals surface area contributed by atoms with E-state index in [0.717, 1.165) is 37.7 Å². The number of benzene rings is 1. The van der Waals surface area contributed by atoms with Crippen LogP contribution in [0.4, 0.5) is 4.39 Å². The molecule has 0 fully saturated rings. The van der Waals surface area contributed by atoms with Gasteiger partial charge in [0.25, 0.3) is 0 Å². The zero-order valence-corrected chi connectivity index (χ0v) is 19.0. The minimum absolute atomic E-state index is 0. The molecule has 1 atom stereocenters. The van der Waals surface area contributed by atoms with Crippen molar-refractivity contribution >= 4 is 29.9 Å². The standard InChI is InChI=1S/C19H29FN6O.HI/c1-4-16(27-17-9-7-8-15(20)12-17)13-23-19(21-6-3)22-10-11-26-14-24-25-18(26)5-2;/h7-9,12,14,16H,4-6,10-11,13H2,1-3H3,(H2,21,22,23);1H. The van der Waals surface area contributed by atoms with Crippen molar-refractivity contribution in [2.24, 2.45) is 4.99 Å². The lowest BCUT2D eigenvalue weighted by Gasteiger charge is -2.17. The Labute approximate surface area is 183 Å². The zero-order valence-electron chi connectivity index (χ0n) is 16.7. The molecule has 0 aliphatic carbocycles. The lowest BCUT2D eigenvalue weighted by atomic mass is 10.2. The number of aliphatic imine (C=N–C) groups is 1. The Balaban J connectivity index is 0.00000392. The summed E-state index contributed by atoms with van der Waals surface area (Å²) in [6.45, 7) is 8.82. The second-order valence-electron chi connectivity index (χ2n) is 6.05. The van der Waals surface area contributed by atoms with E-state index in [9.17, 15) is 4.39 Å². The van der Waals surface area contributed by atoms with E-state index >= 15 is 0 Å². The first-order chi connectivity index (χ1) is 13.2. The van der Waals surface area contributed by atoms with E-state index in [1.807, 2.05) is 18.4 Å². The molecule has 2 aromatic rings. The topological polar surface area (TPSA) is 76.4 Å². The fourth-order valence-corrected chi connectivity index (χ4v) is 2.55. The Morgan fingerprint density at radius 2 is 2.11 bits per heavy atom. The van der Waals surface area contributed by atoms with Crippen LogP contribution in [-0.4, -0.2) is 46.5 Å². The van der Waals surface area contributed by atoms with Gasteiger partial charge in [0.15, 0.2) is 5.96 Å². The molecule has 7 nitrogen and oxygen atoms in total. The molecule has 28 heavy (non-hydrogen) atoms. The van der Waals surface area contributed by atoms with Crippen LogP contribution in [0.25, 0.3) is 0 Å². The molecule has 156 valence electrons. The molecule has 1 unspecified atom stereocenters. The normalized spacial score (nSPS) is 12.2. The van der Waals surface area contributed by atoms with Gasteiger partial charge >= 0.3 is 0 Å². The number of aryl methyl sites for hydroxylation is 1. The van der Waals surface area contributed by atoms with E-state index in [-0.39, 0.29) is 35.9 Å². The van der Waals surface area contributed by atoms with Crippen molar-refractivity contribution in [2.75, 3.05) is 19.6 Å². The SMILES string of the molecule is CCNC(=NCC(CC)Oc1cccc(F)c1)NCCn1cnnc1CC.I. The lowest BCUT2D eigenvalue weighted by molar-refractivity contribution is 0.205. The second-order valence-corrected chi connectivity index (χ2v) is 6.05. The van der Waals surface area contributed by atoms with Crippen LogP contribution < -0.4 is 15.4 Å². The maximum atomic E-state index is 13.3. The van der Waals surface area contributed by atoms with Crippen molar-refractivity contribution < 1.29 is 9.13 Å². The molecule has 1 aromatic heterocycles. The first-order valence-corrected chi connectivity index (χ1v) is 9.47. The molecule has 0 saturated heterocycles. The molecule has 0 saturated carbocycles. The molecule has 0 amide bonds. The average Bonchev–Trinajstić information content (AvgIpc) is 3.12. The van der Waals surface area contributed by atoms with Gasteiger partial charge in [-0.25, -0.2) is 9.38 Å². The van der Waals surface area contributed by atoms with Gasteiger partial charge in [0.05, 0.1) is 6.54 Å².